The molecule has 0 atom stereocenters. The maximum absolute atomic E-state index is 5.63. The van der Waals surface area contributed by atoms with Gasteiger partial charge in [0, 0.05) is 18.8 Å². The van der Waals surface area contributed by atoms with Gasteiger partial charge in [0.15, 0.2) is 11.5 Å². The molecule has 22 heavy (non-hydrogen) atoms. The Balaban J connectivity index is 2.03. The highest BCUT2D eigenvalue weighted by atomic mass is 79.9. The van der Waals surface area contributed by atoms with Crippen molar-refractivity contribution in [2.45, 2.75) is 26.9 Å². The van der Waals surface area contributed by atoms with Crippen molar-refractivity contribution >= 4 is 15.9 Å². The van der Waals surface area contributed by atoms with Crippen LogP contribution < -0.4 is 14.8 Å². The molecular formula is C17H21BrN2O2. The average molecular weight is 365 g/mol. The van der Waals surface area contributed by atoms with E-state index in [1.165, 1.54) is 0 Å². The number of benzene rings is 1. The molecule has 0 unspecified atom stereocenters. The summed E-state index contributed by atoms with van der Waals surface area (Å²) in [6.45, 7) is 6.03. The topological polar surface area (TPSA) is 43.4 Å². The molecule has 1 aromatic heterocycles. The Hall–Kier alpha value is -1.59. The number of halogens is 1. The molecule has 0 bridgehead atoms. The van der Waals surface area contributed by atoms with Gasteiger partial charge in [0.1, 0.15) is 0 Å². The van der Waals surface area contributed by atoms with E-state index < -0.39 is 0 Å². The van der Waals surface area contributed by atoms with E-state index in [2.05, 4.69) is 26.2 Å². The number of rotatable bonds is 7. The predicted octanol–water partition coefficient (Wildman–Crippen LogP) is 3.85. The first-order valence-corrected chi connectivity index (χ1v) is 8.05. The number of hydrogen-bond acceptors (Lipinski definition) is 4. The molecule has 5 heteroatoms. The maximum Gasteiger partial charge on any atom is 0.174 e. The summed E-state index contributed by atoms with van der Waals surface area (Å²) in [6.07, 6.45) is 0. The largest absolute Gasteiger partial charge is 0.492 e. The van der Waals surface area contributed by atoms with Crippen LogP contribution in [0.5, 0.6) is 11.5 Å². The second-order valence-electron chi connectivity index (χ2n) is 4.92. The van der Waals surface area contributed by atoms with Crippen LogP contribution in [0.25, 0.3) is 0 Å². The van der Waals surface area contributed by atoms with Gasteiger partial charge < -0.3 is 14.8 Å². The number of nitrogens with one attached hydrogen (secondary N) is 1. The zero-order valence-electron chi connectivity index (χ0n) is 13.1. The molecular weight excluding hydrogens is 344 g/mol. The standard InChI is InChI=1S/C17H21BrN2O2/c1-4-22-16-9-13(8-15(18)17(16)21-3)10-19-11-14-7-5-6-12(2)20-14/h5-9,19H,4,10-11H2,1-3H3. The van der Waals surface area contributed by atoms with Crippen LogP contribution in [0.2, 0.25) is 0 Å². The fourth-order valence-electron chi connectivity index (χ4n) is 2.22. The number of pyridine rings is 1. The molecule has 0 aliphatic heterocycles. The van der Waals surface area contributed by atoms with Gasteiger partial charge in [0.05, 0.1) is 23.9 Å². The minimum atomic E-state index is 0.604. The zero-order valence-corrected chi connectivity index (χ0v) is 14.7. The molecule has 1 heterocycles. The van der Waals surface area contributed by atoms with Crippen molar-refractivity contribution in [2.24, 2.45) is 0 Å². The van der Waals surface area contributed by atoms with E-state index in [0.29, 0.717) is 6.61 Å². The SMILES string of the molecule is CCOc1cc(CNCc2cccc(C)n2)cc(Br)c1OC. The molecule has 0 amide bonds. The summed E-state index contributed by atoms with van der Waals surface area (Å²) in [5.74, 6) is 1.48. The van der Waals surface area contributed by atoms with Gasteiger partial charge in [-0.25, -0.2) is 0 Å². The average Bonchev–Trinajstić information content (AvgIpc) is 2.47. The lowest BCUT2D eigenvalue weighted by Gasteiger charge is -2.13. The van der Waals surface area contributed by atoms with E-state index in [9.17, 15) is 0 Å². The first kappa shape index (κ1) is 16.8. The minimum Gasteiger partial charge on any atom is -0.492 e. The predicted molar refractivity (Wildman–Crippen MR) is 91.4 cm³/mol. The first-order chi connectivity index (χ1) is 10.6. The van der Waals surface area contributed by atoms with E-state index in [1.54, 1.807) is 7.11 Å². The molecule has 0 fully saturated rings. The molecule has 118 valence electrons. The van der Waals surface area contributed by atoms with E-state index in [-0.39, 0.29) is 0 Å². The summed E-state index contributed by atoms with van der Waals surface area (Å²) in [4.78, 5) is 4.48. The molecule has 0 saturated carbocycles. The van der Waals surface area contributed by atoms with Crippen LogP contribution in [-0.4, -0.2) is 18.7 Å². The Morgan fingerprint density at radius 1 is 1.23 bits per heavy atom. The van der Waals surface area contributed by atoms with E-state index >= 15 is 0 Å². The number of nitrogens with zero attached hydrogens (tertiary/aromatic N) is 1. The van der Waals surface area contributed by atoms with E-state index in [1.807, 2.05) is 44.2 Å². The molecule has 2 aromatic rings. The normalized spacial score (nSPS) is 10.5. The van der Waals surface area contributed by atoms with Gasteiger partial charge in [-0.2, -0.15) is 0 Å². The third-order valence-electron chi connectivity index (χ3n) is 3.15. The van der Waals surface area contributed by atoms with E-state index in [0.717, 1.165) is 46.0 Å². The third kappa shape index (κ3) is 4.45. The fraction of sp³-hybridized carbons (Fsp3) is 0.353. The van der Waals surface area contributed by atoms with Crippen LogP contribution in [0.4, 0.5) is 0 Å². The minimum absolute atomic E-state index is 0.604. The van der Waals surface area contributed by atoms with Crippen LogP contribution in [-0.2, 0) is 13.1 Å². The Bertz CT molecular complexity index is 632. The van der Waals surface area contributed by atoms with Crippen molar-refractivity contribution in [3.63, 3.8) is 0 Å². The second kappa shape index (κ2) is 8.15. The zero-order chi connectivity index (χ0) is 15.9. The Morgan fingerprint density at radius 3 is 2.73 bits per heavy atom. The van der Waals surface area contributed by atoms with Crippen LogP contribution in [0, 0.1) is 6.92 Å². The molecule has 0 aliphatic carbocycles. The highest BCUT2D eigenvalue weighted by molar-refractivity contribution is 9.10. The summed E-state index contributed by atoms with van der Waals surface area (Å²) in [5, 5.41) is 3.40. The number of aromatic nitrogens is 1. The molecule has 1 N–H and O–H groups in total. The monoisotopic (exact) mass is 364 g/mol. The lowest BCUT2D eigenvalue weighted by Crippen LogP contribution is -2.14. The Kier molecular flexibility index (Phi) is 6.21. The van der Waals surface area contributed by atoms with Crippen molar-refractivity contribution in [3.05, 3.63) is 51.8 Å². The summed E-state index contributed by atoms with van der Waals surface area (Å²) < 4.78 is 11.9. The number of aryl methyl sites for hydroxylation is 1. The number of methoxy groups -OCH3 is 1. The fourth-order valence-corrected chi connectivity index (χ4v) is 2.87. The van der Waals surface area contributed by atoms with Gasteiger partial charge >= 0.3 is 0 Å². The summed E-state index contributed by atoms with van der Waals surface area (Å²) in [5.41, 5.74) is 3.20. The third-order valence-corrected chi connectivity index (χ3v) is 3.74. The van der Waals surface area contributed by atoms with E-state index in [4.69, 9.17) is 9.47 Å². The van der Waals surface area contributed by atoms with Crippen LogP contribution in [0.15, 0.2) is 34.8 Å². The summed E-state index contributed by atoms with van der Waals surface area (Å²) in [6, 6.07) is 10.1. The van der Waals surface area contributed by atoms with Crippen molar-refractivity contribution in [2.75, 3.05) is 13.7 Å². The second-order valence-corrected chi connectivity index (χ2v) is 5.77. The van der Waals surface area contributed by atoms with Crippen LogP contribution >= 0.6 is 15.9 Å². The number of hydrogen-bond donors (Lipinski definition) is 1. The van der Waals surface area contributed by atoms with Crippen molar-refractivity contribution < 1.29 is 9.47 Å². The molecule has 0 radical (unpaired) electrons. The van der Waals surface area contributed by atoms with Gasteiger partial charge in [-0.15, -0.1) is 0 Å². The van der Waals surface area contributed by atoms with Gasteiger partial charge in [0.25, 0.3) is 0 Å². The summed E-state index contributed by atoms with van der Waals surface area (Å²) in [7, 11) is 1.64. The quantitative estimate of drug-likeness (QED) is 0.810. The Labute approximate surface area is 140 Å². The maximum atomic E-state index is 5.63. The summed E-state index contributed by atoms with van der Waals surface area (Å²) >= 11 is 3.53. The molecule has 0 spiro atoms. The van der Waals surface area contributed by atoms with Gasteiger partial charge in [-0.05, 0) is 59.6 Å². The lowest BCUT2D eigenvalue weighted by atomic mass is 10.2. The highest BCUT2D eigenvalue weighted by Crippen LogP contribution is 2.36. The molecule has 0 saturated heterocycles. The molecule has 4 nitrogen and oxygen atoms in total. The van der Waals surface area contributed by atoms with Crippen molar-refractivity contribution in [1.82, 2.24) is 10.3 Å². The van der Waals surface area contributed by atoms with Crippen LogP contribution in [0.3, 0.4) is 0 Å². The van der Waals surface area contributed by atoms with Crippen molar-refractivity contribution in [3.8, 4) is 11.5 Å². The number of ether oxygens (including phenoxy) is 2. The molecule has 1 aromatic carbocycles. The van der Waals surface area contributed by atoms with Gasteiger partial charge in [-0.3, -0.25) is 4.98 Å². The lowest BCUT2D eigenvalue weighted by molar-refractivity contribution is 0.309. The first-order valence-electron chi connectivity index (χ1n) is 7.26. The Morgan fingerprint density at radius 2 is 2.05 bits per heavy atom. The molecule has 0 aliphatic rings. The van der Waals surface area contributed by atoms with Gasteiger partial charge in [-0.1, -0.05) is 6.07 Å². The smallest absolute Gasteiger partial charge is 0.174 e. The van der Waals surface area contributed by atoms with Crippen molar-refractivity contribution in [1.29, 1.82) is 0 Å². The molecule has 2 rings (SSSR count). The van der Waals surface area contributed by atoms with Gasteiger partial charge in [0.2, 0.25) is 0 Å². The highest BCUT2D eigenvalue weighted by Gasteiger charge is 2.11. The van der Waals surface area contributed by atoms with Crippen LogP contribution in [0.1, 0.15) is 23.9 Å².